The fourth-order valence-electron chi connectivity index (χ4n) is 3.06. The van der Waals surface area contributed by atoms with Crippen LogP contribution < -0.4 is 4.90 Å². The Bertz CT molecular complexity index is 527. The van der Waals surface area contributed by atoms with Gasteiger partial charge in [0.25, 0.3) is 0 Å². The zero-order valence-corrected chi connectivity index (χ0v) is 13.3. The summed E-state index contributed by atoms with van der Waals surface area (Å²) in [5, 5.41) is 9.99. The van der Waals surface area contributed by atoms with Gasteiger partial charge in [0.15, 0.2) is 0 Å². The lowest BCUT2D eigenvalue weighted by atomic mass is 9.95. The Morgan fingerprint density at radius 3 is 2.71 bits per heavy atom. The molecular weight excluding hydrogens is 266 g/mol. The number of esters is 1. The number of phenolic OH excluding ortho intramolecular Hbond substituents is 1. The predicted octanol–water partition coefficient (Wildman–Crippen LogP) is 3.36. The van der Waals surface area contributed by atoms with Crippen LogP contribution in [-0.2, 0) is 9.53 Å². The second kappa shape index (κ2) is 6.37. The molecule has 4 heteroatoms. The fourth-order valence-corrected chi connectivity index (χ4v) is 3.06. The summed E-state index contributed by atoms with van der Waals surface area (Å²) in [5.74, 6) is -0.274. The second-order valence-electron chi connectivity index (χ2n) is 5.71. The number of unbranched alkanes of at least 4 members (excludes halogenated alkanes) is 1. The van der Waals surface area contributed by atoms with Gasteiger partial charge in [-0.25, -0.2) is 0 Å². The number of fused-ring (bicyclic) bond motifs is 1. The van der Waals surface area contributed by atoms with Crippen LogP contribution in [0.2, 0.25) is 0 Å². The van der Waals surface area contributed by atoms with Gasteiger partial charge in [0, 0.05) is 18.3 Å². The van der Waals surface area contributed by atoms with Gasteiger partial charge in [-0.2, -0.15) is 0 Å². The molecule has 1 aromatic carbocycles. The van der Waals surface area contributed by atoms with Crippen molar-refractivity contribution in [1.29, 1.82) is 0 Å². The highest BCUT2D eigenvalue weighted by Gasteiger charge is 2.41. The van der Waals surface area contributed by atoms with Crippen molar-refractivity contribution >= 4 is 11.7 Å². The van der Waals surface area contributed by atoms with Gasteiger partial charge in [-0.15, -0.1) is 0 Å². The molecule has 21 heavy (non-hydrogen) atoms. The van der Waals surface area contributed by atoms with Crippen LogP contribution in [0.15, 0.2) is 12.1 Å². The van der Waals surface area contributed by atoms with E-state index >= 15 is 0 Å². The van der Waals surface area contributed by atoms with E-state index < -0.39 is 0 Å². The van der Waals surface area contributed by atoms with Crippen LogP contribution in [0.1, 0.15) is 50.7 Å². The van der Waals surface area contributed by atoms with E-state index in [9.17, 15) is 9.90 Å². The third kappa shape index (κ3) is 2.85. The Morgan fingerprint density at radius 2 is 2.10 bits per heavy atom. The van der Waals surface area contributed by atoms with Crippen LogP contribution in [0.3, 0.4) is 0 Å². The standard InChI is InChI=1S/C17H25NO3/c1-5-7-8-18-12(4)16(17(20)21-6-2)13-10-15(19)11(3)9-14(13)18/h9-10,12,16,19H,5-8H2,1-4H3. The third-order valence-electron chi connectivity index (χ3n) is 4.26. The van der Waals surface area contributed by atoms with Crippen molar-refractivity contribution in [2.45, 2.75) is 52.5 Å². The molecule has 1 heterocycles. The lowest BCUT2D eigenvalue weighted by molar-refractivity contribution is -0.145. The highest BCUT2D eigenvalue weighted by atomic mass is 16.5. The molecule has 0 fully saturated rings. The van der Waals surface area contributed by atoms with Crippen LogP contribution in [0.5, 0.6) is 5.75 Å². The van der Waals surface area contributed by atoms with E-state index in [1.54, 1.807) is 6.07 Å². The lowest BCUT2D eigenvalue weighted by Crippen LogP contribution is -2.35. The molecule has 2 unspecified atom stereocenters. The van der Waals surface area contributed by atoms with Crippen LogP contribution in [0.4, 0.5) is 5.69 Å². The van der Waals surface area contributed by atoms with Crippen molar-refractivity contribution in [2.75, 3.05) is 18.1 Å². The Labute approximate surface area is 126 Å². The molecule has 1 aliphatic heterocycles. The number of ether oxygens (including phenoxy) is 1. The van der Waals surface area contributed by atoms with Gasteiger partial charge in [-0.05, 0) is 50.5 Å². The topological polar surface area (TPSA) is 49.8 Å². The monoisotopic (exact) mass is 291 g/mol. The first-order valence-electron chi connectivity index (χ1n) is 7.78. The van der Waals surface area contributed by atoms with Gasteiger partial charge >= 0.3 is 5.97 Å². The molecule has 1 N–H and O–H groups in total. The van der Waals surface area contributed by atoms with Crippen molar-refractivity contribution in [3.8, 4) is 5.75 Å². The van der Waals surface area contributed by atoms with E-state index in [-0.39, 0.29) is 23.7 Å². The van der Waals surface area contributed by atoms with Gasteiger partial charge in [-0.1, -0.05) is 13.3 Å². The SMILES string of the molecule is CCCCN1c2cc(C)c(O)cc2C(C(=O)OCC)C1C. The molecule has 0 bridgehead atoms. The molecule has 4 nitrogen and oxygen atoms in total. The number of aryl methyl sites for hydroxylation is 1. The number of hydrogen-bond donors (Lipinski definition) is 1. The maximum absolute atomic E-state index is 12.3. The van der Waals surface area contributed by atoms with E-state index in [4.69, 9.17) is 4.74 Å². The normalized spacial score (nSPS) is 20.5. The first-order chi connectivity index (χ1) is 10.0. The Morgan fingerprint density at radius 1 is 1.38 bits per heavy atom. The molecule has 0 radical (unpaired) electrons. The highest BCUT2D eigenvalue weighted by molar-refractivity contribution is 5.86. The maximum atomic E-state index is 12.3. The zero-order valence-electron chi connectivity index (χ0n) is 13.3. The minimum Gasteiger partial charge on any atom is -0.508 e. The fraction of sp³-hybridized carbons (Fsp3) is 0.588. The number of benzene rings is 1. The summed E-state index contributed by atoms with van der Waals surface area (Å²) in [6.07, 6.45) is 2.19. The molecule has 0 aliphatic carbocycles. The molecule has 0 aromatic heterocycles. The maximum Gasteiger partial charge on any atom is 0.315 e. The summed E-state index contributed by atoms with van der Waals surface area (Å²) < 4.78 is 5.23. The average Bonchev–Trinajstić information content (AvgIpc) is 2.69. The summed E-state index contributed by atoms with van der Waals surface area (Å²) in [6, 6.07) is 3.77. The molecule has 2 atom stereocenters. The van der Waals surface area contributed by atoms with Gasteiger partial charge in [0.05, 0.1) is 6.61 Å². The molecular formula is C17H25NO3. The highest BCUT2D eigenvalue weighted by Crippen LogP contribution is 2.44. The first kappa shape index (κ1) is 15.7. The Kier molecular flexibility index (Phi) is 4.76. The van der Waals surface area contributed by atoms with Crippen molar-refractivity contribution < 1.29 is 14.6 Å². The number of carbonyl (C=O) groups is 1. The van der Waals surface area contributed by atoms with Gasteiger partial charge in [-0.3, -0.25) is 4.79 Å². The molecule has 0 spiro atoms. The lowest BCUT2D eigenvalue weighted by Gasteiger charge is -2.26. The molecule has 2 rings (SSSR count). The molecule has 1 aliphatic rings. The van der Waals surface area contributed by atoms with E-state index in [0.29, 0.717) is 6.61 Å². The minimum atomic E-state index is -0.316. The summed E-state index contributed by atoms with van der Waals surface area (Å²) in [7, 11) is 0. The smallest absolute Gasteiger partial charge is 0.315 e. The van der Waals surface area contributed by atoms with E-state index in [1.165, 1.54) is 0 Å². The van der Waals surface area contributed by atoms with E-state index in [2.05, 4.69) is 18.7 Å². The summed E-state index contributed by atoms with van der Waals surface area (Å²) in [4.78, 5) is 14.6. The molecule has 1 aromatic rings. The quantitative estimate of drug-likeness (QED) is 0.845. The van der Waals surface area contributed by atoms with Gasteiger partial charge < -0.3 is 14.7 Å². The number of anilines is 1. The largest absolute Gasteiger partial charge is 0.508 e. The van der Waals surface area contributed by atoms with Crippen molar-refractivity contribution in [2.24, 2.45) is 0 Å². The summed E-state index contributed by atoms with van der Waals surface area (Å²) in [5.41, 5.74) is 2.79. The molecule has 0 amide bonds. The number of carbonyl (C=O) groups excluding carboxylic acids is 1. The van der Waals surface area contributed by atoms with Crippen LogP contribution in [0.25, 0.3) is 0 Å². The van der Waals surface area contributed by atoms with E-state index in [1.807, 2.05) is 19.9 Å². The van der Waals surface area contributed by atoms with Crippen molar-refractivity contribution in [1.82, 2.24) is 0 Å². The minimum absolute atomic E-state index is 0.0619. The Hall–Kier alpha value is -1.71. The van der Waals surface area contributed by atoms with Crippen LogP contribution in [-0.4, -0.2) is 30.3 Å². The van der Waals surface area contributed by atoms with Crippen molar-refractivity contribution in [3.63, 3.8) is 0 Å². The molecule has 116 valence electrons. The van der Waals surface area contributed by atoms with Crippen LogP contribution >= 0.6 is 0 Å². The number of nitrogens with zero attached hydrogens (tertiary/aromatic N) is 1. The average molecular weight is 291 g/mol. The molecule has 0 saturated heterocycles. The Balaban J connectivity index is 2.42. The summed E-state index contributed by atoms with van der Waals surface area (Å²) in [6.45, 7) is 9.22. The first-order valence-corrected chi connectivity index (χ1v) is 7.78. The number of aromatic hydroxyl groups is 1. The predicted molar refractivity (Wildman–Crippen MR) is 83.9 cm³/mol. The number of phenols is 1. The second-order valence-corrected chi connectivity index (χ2v) is 5.71. The van der Waals surface area contributed by atoms with Crippen molar-refractivity contribution in [3.05, 3.63) is 23.3 Å². The molecule has 0 saturated carbocycles. The summed E-state index contributed by atoms with van der Waals surface area (Å²) >= 11 is 0. The zero-order chi connectivity index (χ0) is 15.6. The number of rotatable bonds is 5. The van der Waals surface area contributed by atoms with Crippen LogP contribution in [0, 0.1) is 6.92 Å². The third-order valence-corrected chi connectivity index (χ3v) is 4.26. The van der Waals surface area contributed by atoms with Gasteiger partial charge in [0.2, 0.25) is 0 Å². The van der Waals surface area contributed by atoms with Gasteiger partial charge in [0.1, 0.15) is 11.7 Å². The van der Waals surface area contributed by atoms with E-state index in [0.717, 1.165) is 36.2 Å². The number of hydrogen-bond acceptors (Lipinski definition) is 4.